The van der Waals surface area contributed by atoms with Crippen LogP contribution in [0.1, 0.15) is 5.56 Å². The number of phenols is 1. The van der Waals surface area contributed by atoms with E-state index in [0.29, 0.717) is 16.3 Å². The lowest BCUT2D eigenvalue weighted by molar-refractivity contribution is -0.113. The fourth-order valence-electron chi connectivity index (χ4n) is 2.17. The average Bonchev–Trinajstić information content (AvgIpc) is 2.83. The number of thioether (sulfide) groups is 1. The number of rotatable bonds is 3. The van der Waals surface area contributed by atoms with Crippen LogP contribution < -0.4 is 9.64 Å². The zero-order chi connectivity index (χ0) is 16.4. The molecule has 1 N–H and O–H groups in total. The highest BCUT2D eigenvalue weighted by Crippen LogP contribution is 2.36. The highest BCUT2D eigenvalue weighted by Gasteiger charge is 2.36. The third kappa shape index (κ3) is 3.07. The molecular formula is C17H13NO4S. The van der Waals surface area contributed by atoms with Crippen molar-refractivity contribution in [3.63, 3.8) is 0 Å². The van der Waals surface area contributed by atoms with Crippen molar-refractivity contribution in [2.45, 2.75) is 0 Å². The van der Waals surface area contributed by atoms with Gasteiger partial charge in [0.2, 0.25) is 0 Å². The Labute approximate surface area is 137 Å². The van der Waals surface area contributed by atoms with E-state index in [-0.39, 0.29) is 16.9 Å². The summed E-state index contributed by atoms with van der Waals surface area (Å²) in [6, 6.07) is 13.2. The first-order chi connectivity index (χ1) is 11.1. The zero-order valence-electron chi connectivity index (χ0n) is 12.2. The first-order valence-corrected chi connectivity index (χ1v) is 7.61. The molecule has 3 rings (SSSR count). The Kier molecular flexibility index (Phi) is 4.08. The number of methoxy groups -OCH3 is 1. The van der Waals surface area contributed by atoms with E-state index in [1.807, 2.05) is 12.1 Å². The summed E-state index contributed by atoms with van der Waals surface area (Å²) in [5, 5.41) is 8.94. The van der Waals surface area contributed by atoms with E-state index in [1.165, 1.54) is 24.3 Å². The summed E-state index contributed by atoms with van der Waals surface area (Å²) in [4.78, 5) is 26.1. The number of carbonyl (C=O) groups excluding carboxylic acids is 2. The maximum atomic E-state index is 12.5. The molecule has 0 atom stereocenters. The molecule has 0 aliphatic carbocycles. The smallest absolute Gasteiger partial charge is 0.298 e. The standard InChI is InChI=1S/C17H13NO4S/c1-22-14-4-2-3-11(9-14)10-15-16(20)18(17(21)23-15)12-5-7-13(19)8-6-12/h2-10,19H,1H3/b15-10-. The summed E-state index contributed by atoms with van der Waals surface area (Å²) >= 11 is 0.884. The summed E-state index contributed by atoms with van der Waals surface area (Å²) in [5.41, 5.74) is 1.21. The van der Waals surface area contributed by atoms with Gasteiger partial charge in [-0.05, 0) is 59.8 Å². The van der Waals surface area contributed by atoms with Crippen LogP contribution in [-0.4, -0.2) is 23.4 Å². The van der Waals surface area contributed by atoms with Crippen LogP contribution in [0.4, 0.5) is 10.5 Å². The molecule has 116 valence electrons. The Morgan fingerprint density at radius 2 is 1.87 bits per heavy atom. The van der Waals surface area contributed by atoms with Gasteiger partial charge in [-0.2, -0.15) is 0 Å². The quantitative estimate of drug-likeness (QED) is 0.872. The summed E-state index contributed by atoms with van der Waals surface area (Å²) in [6.07, 6.45) is 1.66. The van der Waals surface area contributed by atoms with Crippen LogP contribution in [0.25, 0.3) is 6.08 Å². The van der Waals surface area contributed by atoms with Gasteiger partial charge in [0, 0.05) is 0 Å². The van der Waals surface area contributed by atoms with E-state index < -0.39 is 0 Å². The van der Waals surface area contributed by atoms with Crippen LogP contribution in [0, 0.1) is 0 Å². The fourth-order valence-corrected chi connectivity index (χ4v) is 3.02. The lowest BCUT2D eigenvalue weighted by Crippen LogP contribution is -2.27. The van der Waals surface area contributed by atoms with Crippen molar-refractivity contribution in [1.82, 2.24) is 0 Å². The van der Waals surface area contributed by atoms with Crippen molar-refractivity contribution in [3.8, 4) is 11.5 Å². The Morgan fingerprint density at radius 3 is 2.57 bits per heavy atom. The van der Waals surface area contributed by atoms with E-state index in [2.05, 4.69) is 0 Å². The minimum absolute atomic E-state index is 0.0765. The molecule has 0 spiro atoms. The van der Waals surface area contributed by atoms with Gasteiger partial charge in [0.1, 0.15) is 11.5 Å². The van der Waals surface area contributed by atoms with E-state index in [1.54, 1.807) is 25.3 Å². The van der Waals surface area contributed by atoms with Crippen LogP contribution in [0.3, 0.4) is 0 Å². The summed E-state index contributed by atoms with van der Waals surface area (Å²) in [7, 11) is 1.57. The summed E-state index contributed by atoms with van der Waals surface area (Å²) in [5.74, 6) is 0.373. The molecule has 0 aromatic heterocycles. The average molecular weight is 327 g/mol. The number of amides is 2. The van der Waals surface area contributed by atoms with Crippen molar-refractivity contribution in [1.29, 1.82) is 0 Å². The Morgan fingerprint density at radius 1 is 1.13 bits per heavy atom. The van der Waals surface area contributed by atoms with Gasteiger partial charge >= 0.3 is 0 Å². The maximum absolute atomic E-state index is 12.5. The third-order valence-electron chi connectivity index (χ3n) is 3.29. The molecule has 1 aliphatic heterocycles. The van der Waals surface area contributed by atoms with Crippen LogP contribution >= 0.6 is 11.8 Å². The molecule has 1 fully saturated rings. The number of phenolic OH excluding ortho intramolecular Hbond substituents is 1. The van der Waals surface area contributed by atoms with Gasteiger partial charge in [-0.25, -0.2) is 4.90 Å². The molecule has 1 aliphatic rings. The Bertz CT molecular complexity index is 798. The van der Waals surface area contributed by atoms with Gasteiger partial charge in [-0.1, -0.05) is 12.1 Å². The first kappa shape index (κ1) is 15.2. The third-order valence-corrected chi connectivity index (χ3v) is 4.16. The SMILES string of the molecule is COc1cccc(/C=C2\SC(=O)N(c3ccc(O)cc3)C2=O)c1. The molecule has 0 bridgehead atoms. The number of nitrogens with zero attached hydrogens (tertiary/aromatic N) is 1. The van der Waals surface area contributed by atoms with Crippen molar-refractivity contribution < 1.29 is 19.4 Å². The molecule has 23 heavy (non-hydrogen) atoms. The van der Waals surface area contributed by atoms with Crippen LogP contribution in [0.2, 0.25) is 0 Å². The Hall–Kier alpha value is -2.73. The molecule has 5 nitrogen and oxygen atoms in total. The number of benzene rings is 2. The highest BCUT2D eigenvalue weighted by atomic mass is 32.2. The molecule has 0 saturated carbocycles. The largest absolute Gasteiger partial charge is 0.508 e. The molecule has 0 radical (unpaired) electrons. The summed E-state index contributed by atoms with van der Waals surface area (Å²) in [6.45, 7) is 0. The fraction of sp³-hybridized carbons (Fsp3) is 0.0588. The topological polar surface area (TPSA) is 66.8 Å². The van der Waals surface area contributed by atoms with Gasteiger partial charge in [0.15, 0.2) is 0 Å². The van der Waals surface area contributed by atoms with Crippen LogP contribution in [-0.2, 0) is 4.79 Å². The number of hydrogen-bond donors (Lipinski definition) is 1. The molecule has 2 aromatic rings. The van der Waals surface area contributed by atoms with E-state index in [4.69, 9.17) is 4.74 Å². The second kappa shape index (κ2) is 6.18. The predicted octanol–water partition coefficient (Wildman–Crippen LogP) is 3.64. The number of hydrogen-bond acceptors (Lipinski definition) is 5. The lowest BCUT2D eigenvalue weighted by Gasteiger charge is -2.12. The predicted molar refractivity (Wildman–Crippen MR) is 89.6 cm³/mol. The second-order valence-corrected chi connectivity index (χ2v) is 5.80. The molecule has 2 amide bonds. The number of anilines is 1. The molecule has 1 saturated heterocycles. The van der Waals surface area contributed by atoms with Gasteiger partial charge in [0.05, 0.1) is 17.7 Å². The zero-order valence-corrected chi connectivity index (χ0v) is 13.0. The molecule has 1 heterocycles. The highest BCUT2D eigenvalue weighted by molar-refractivity contribution is 8.19. The first-order valence-electron chi connectivity index (χ1n) is 6.79. The number of carbonyl (C=O) groups is 2. The molecular weight excluding hydrogens is 314 g/mol. The van der Waals surface area contributed by atoms with Crippen molar-refractivity contribution >= 4 is 34.7 Å². The van der Waals surface area contributed by atoms with Crippen molar-refractivity contribution in [3.05, 3.63) is 59.0 Å². The van der Waals surface area contributed by atoms with E-state index in [9.17, 15) is 14.7 Å². The minimum Gasteiger partial charge on any atom is -0.508 e. The number of ether oxygens (including phenoxy) is 1. The van der Waals surface area contributed by atoms with Gasteiger partial charge in [0.25, 0.3) is 11.1 Å². The van der Waals surface area contributed by atoms with Crippen molar-refractivity contribution in [2.24, 2.45) is 0 Å². The van der Waals surface area contributed by atoms with Crippen LogP contribution in [0.15, 0.2) is 53.4 Å². The maximum Gasteiger partial charge on any atom is 0.298 e. The second-order valence-electron chi connectivity index (χ2n) is 4.81. The Balaban J connectivity index is 1.91. The van der Waals surface area contributed by atoms with Crippen LogP contribution in [0.5, 0.6) is 11.5 Å². The normalized spacial score (nSPS) is 16.2. The molecule has 0 unspecified atom stereocenters. The molecule has 2 aromatic carbocycles. The lowest BCUT2D eigenvalue weighted by atomic mass is 10.2. The van der Waals surface area contributed by atoms with E-state index >= 15 is 0 Å². The number of aromatic hydroxyl groups is 1. The van der Waals surface area contributed by atoms with Gasteiger partial charge in [-0.3, -0.25) is 9.59 Å². The van der Waals surface area contributed by atoms with Gasteiger partial charge in [-0.15, -0.1) is 0 Å². The van der Waals surface area contributed by atoms with E-state index in [0.717, 1.165) is 22.2 Å². The number of imide groups is 1. The van der Waals surface area contributed by atoms with Gasteiger partial charge < -0.3 is 9.84 Å². The summed E-state index contributed by atoms with van der Waals surface area (Å²) < 4.78 is 5.15. The molecule has 6 heteroatoms. The van der Waals surface area contributed by atoms with Crippen molar-refractivity contribution in [2.75, 3.05) is 12.0 Å². The monoisotopic (exact) mass is 327 g/mol. The minimum atomic E-state index is -0.381.